The number of nitrogens with zero attached hydrogens (tertiary/aromatic N) is 1. The summed E-state index contributed by atoms with van der Waals surface area (Å²) in [7, 11) is 1.73. The van der Waals surface area contributed by atoms with E-state index in [1.807, 2.05) is 6.92 Å². The van der Waals surface area contributed by atoms with E-state index in [-0.39, 0.29) is 30.2 Å². The van der Waals surface area contributed by atoms with Gasteiger partial charge in [-0.05, 0) is 81.4 Å². The van der Waals surface area contributed by atoms with E-state index in [0.717, 1.165) is 19.3 Å². The summed E-state index contributed by atoms with van der Waals surface area (Å²) in [6.07, 6.45) is 7.06. The van der Waals surface area contributed by atoms with Gasteiger partial charge in [-0.15, -0.1) is 0 Å². The van der Waals surface area contributed by atoms with Crippen LogP contribution < -0.4 is 10.1 Å². The quantitative estimate of drug-likeness (QED) is 0.550. The number of carbonyl (C=O) groups is 3. The fraction of sp³-hybridized carbons (Fsp3) is 0.625. The van der Waals surface area contributed by atoms with Crippen molar-refractivity contribution in [2.24, 2.45) is 23.2 Å². The summed E-state index contributed by atoms with van der Waals surface area (Å²) in [5.41, 5.74) is 0.290. The third-order valence-electron chi connectivity index (χ3n) is 7.27. The van der Waals surface area contributed by atoms with Crippen LogP contribution in [0.4, 0.5) is 0 Å². The van der Waals surface area contributed by atoms with Crippen molar-refractivity contribution in [3.05, 3.63) is 29.8 Å². The van der Waals surface area contributed by atoms with Gasteiger partial charge in [-0.3, -0.25) is 14.4 Å². The summed E-state index contributed by atoms with van der Waals surface area (Å²) in [5.74, 6) is 2.11. The van der Waals surface area contributed by atoms with Gasteiger partial charge in [0.25, 0.3) is 5.91 Å². The van der Waals surface area contributed by atoms with Crippen LogP contribution in [0.1, 0.15) is 62.2 Å². The molecule has 4 saturated carbocycles. The van der Waals surface area contributed by atoms with Gasteiger partial charge in [-0.25, -0.2) is 0 Å². The zero-order chi connectivity index (χ0) is 21.3. The number of nitrogens with one attached hydrogen (secondary N) is 1. The van der Waals surface area contributed by atoms with E-state index in [1.165, 1.54) is 19.3 Å². The molecule has 5 rings (SSSR count). The van der Waals surface area contributed by atoms with E-state index >= 15 is 0 Å². The lowest BCUT2D eigenvalue weighted by atomic mass is 9.49. The summed E-state index contributed by atoms with van der Waals surface area (Å²) < 4.78 is 5.39. The van der Waals surface area contributed by atoms with Gasteiger partial charge in [0.15, 0.2) is 0 Å². The maximum atomic E-state index is 12.9. The second-order valence-corrected chi connectivity index (χ2v) is 9.53. The maximum Gasteiger partial charge on any atom is 0.312 e. The molecular formula is C24H32N2O4. The molecule has 0 radical (unpaired) electrons. The number of ether oxygens (including phenoxy) is 1. The van der Waals surface area contributed by atoms with Crippen molar-refractivity contribution >= 4 is 17.8 Å². The topological polar surface area (TPSA) is 75.7 Å². The Labute approximate surface area is 178 Å². The van der Waals surface area contributed by atoms with Gasteiger partial charge >= 0.3 is 5.97 Å². The second kappa shape index (κ2) is 8.40. The first-order chi connectivity index (χ1) is 14.4. The molecule has 0 heterocycles. The van der Waals surface area contributed by atoms with Gasteiger partial charge in [0, 0.05) is 31.1 Å². The van der Waals surface area contributed by atoms with Crippen LogP contribution in [0.3, 0.4) is 0 Å². The molecule has 0 saturated heterocycles. The third-order valence-corrected chi connectivity index (χ3v) is 7.27. The molecule has 6 nitrogen and oxygen atoms in total. The van der Waals surface area contributed by atoms with Gasteiger partial charge in [0.1, 0.15) is 5.75 Å². The molecule has 30 heavy (non-hydrogen) atoms. The lowest BCUT2D eigenvalue weighted by Crippen LogP contribution is -2.53. The first kappa shape index (κ1) is 20.9. The number of rotatable bonds is 7. The number of hydrogen-bond donors (Lipinski definition) is 1. The van der Waals surface area contributed by atoms with Crippen molar-refractivity contribution in [1.82, 2.24) is 10.2 Å². The Morgan fingerprint density at radius 2 is 1.73 bits per heavy atom. The van der Waals surface area contributed by atoms with E-state index in [1.54, 1.807) is 36.2 Å². The summed E-state index contributed by atoms with van der Waals surface area (Å²) in [6, 6.07) is 6.65. The number of hydrogen-bond acceptors (Lipinski definition) is 4. The molecule has 0 spiro atoms. The van der Waals surface area contributed by atoms with Crippen LogP contribution in [0.25, 0.3) is 0 Å². The highest BCUT2D eigenvalue weighted by atomic mass is 16.5. The predicted molar refractivity (Wildman–Crippen MR) is 113 cm³/mol. The monoisotopic (exact) mass is 412 g/mol. The Kier molecular flexibility index (Phi) is 5.85. The molecule has 1 aromatic rings. The molecule has 4 aliphatic rings. The zero-order valence-electron chi connectivity index (χ0n) is 18.0. The average molecular weight is 413 g/mol. The first-order valence-electron chi connectivity index (χ1n) is 11.2. The minimum Gasteiger partial charge on any atom is -0.426 e. The molecule has 2 amide bonds. The van der Waals surface area contributed by atoms with Crippen LogP contribution in [0.2, 0.25) is 0 Å². The summed E-state index contributed by atoms with van der Waals surface area (Å²) in [5, 5.41) is 3.01. The summed E-state index contributed by atoms with van der Waals surface area (Å²) >= 11 is 0. The smallest absolute Gasteiger partial charge is 0.312 e. The van der Waals surface area contributed by atoms with Crippen molar-refractivity contribution in [2.45, 2.75) is 51.9 Å². The van der Waals surface area contributed by atoms with Gasteiger partial charge in [-0.1, -0.05) is 6.07 Å². The molecule has 0 unspecified atom stereocenters. The number of esters is 1. The van der Waals surface area contributed by atoms with Gasteiger partial charge in [0.2, 0.25) is 5.91 Å². The van der Waals surface area contributed by atoms with E-state index in [0.29, 0.717) is 35.6 Å². The van der Waals surface area contributed by atoms with Crippen LogP contribution in [0.15, 0.2) is 24.3 Å². The molecule has 1 N–H and O–H groups in total. The number of carbonyl (C=O) groups excluding carboxylic acids is 3. The van der Waals surface area contributed by atoms with Crippen molar-refractivity contribution in [2.75, 3.05) is 20.1 Å². The predicted octanol–water partition coefficient (Wildman–Crippen LogP) is 3.41. The molecule has 4 bridgehead atoms. The van der Waals surface area contributed by atoms with Crippen LogP contribution in [0.5, 0.6) is 5.75 Å². The second-order valence-electron chi connectivity index (χ2n) is 9.53. The van der Waals surface area contributed by atoms with E-state index in [9.17, 15) is 14.4 Å². The third kappa shape index (κ3) is 4.23. The summed E-state index contributed by atoms with van der Waals surface area (Å²) in [6.45, 7) is 2.79. The molecule has 0 aromatic heterocycles. The van der Waals surface area contributed by atoms with E-state index in [4.69, 9.17) is 4.74 Å². The Balaban J connectivity index is 1.27. The minimum atomic E-state index is -0.408. The zero-order valence-corrected chi connectivity index (χ0v) is 18.0. The van der Waals surface area contributed by atoms with Crippen LogP contribution in [0, 0.1) is 23.2 Å². The van der Waals surface area contributed by atoms with Crippen molar-refractivity contribution < 1.29 is 19.1 Å². The van der Waals surface area contributed by atoms with Crippen LogP contribution in [-0.4, -0.2) is 42.8 Å². The molecule has 6 heteroatoms. The maximum absolute atomic E-state index is 12.9. The highest BCUT2D eigenvalue weighted by Crippen LogP contribution is 2.60. The molecule has 1 aromatic carbocycles. The number of amides is 2. The van der Waals surface area contributed by atoms with Crippen molar-refractivity contribution in [3.8, 4) is 5.75 Å². The Morgan fingerprint density at radius 1 is 1.10 bits per heavy atom. The van der Waals surface area contributed by atoms with Gasteiger partial charge in [-0.2, -0.15) is 0 Å². The molecule has 4 fully saturated rings. The highest BCUT2D eigenvalue weighted by Gasteiger charge is 2.54. The minimum absolute atomic E-state index is 0.113. The fourth-order valence-corrected chi connectivity index (χ4v) is 6.09. The van der Waals surface area contributed by atoms with E-state index < -0.39 is 5.97 Å². The first-order valence-corrected chi connectivity index (χ1v) is 11.2. The Hall–Kier alpha value is -2.37. The van der Waals surface area contributed by atoms with Gasteiger partial charge < -0.3 is 15.0 Å². The Bertz CT molecular complexity index is 799. The normalized spacial score (nSPS) is 28.8. The summed E-state index contributed by atoms with van der Waals surface area (Å²) in [4.78, 5) is 39.0. The largest absolute Gasteiger partial charge is 0.426 e. The SMILES string of the molecule is CCN(C)C(=O)c1cccc(OC(=O)CCNC(=O)C23CC4CC(CC(C4)C2)C3)c1. The van der Waals surface area contributed by atoms with Gasteiger partial charge in [0.05, 0.1) is 6.42 Å². The van der Waals surface area contributed by atoms with Crippen LogP contribution in [-0.2, 0) is 9.59 Å². The number of benzene rings is 1. The Morgan fingerprint density at radius 3 is 2.33 bits per heavy atom. The highest BCUT2D eigenvalue weighted by molar-refractivity contribution is 5.94. The fourth-order valence-electron chi connectivity index (χ4n) is 6.09. The molecular weight excluding hydrogens is 380 g/mol. The molecule has 162 valence electrons. The molecule has 0 atom stereocenters. The lowest BCUT2D eigenvalue weighted by molar-refractivity contribution is -0.146. The average Bonchev–Trinajstić information content (AvgIpc) is 2.71. The lowest BCUT2D eigenvalue weighted by Gasteiger charge is -2.55. The molecule has 0 aliphatic heterocycles. The standard InChI is InChI=1S/C24H32N2O4/c1-3-26(2)22(28)19-5-4-6-20(12-19)30-21(27)7-8-25-23(29)24-13-16-9-17(14-24)11-18(10-16)15-24/h4-6,12,16-18H,3,7-11,13-15H2,1-2H3,(H,25,29). The van der Waals surface area contributed by atoms with Crippen molar-refractivity contribution in [1.29, 1.82) is 0 Å². The van der Waals surface area contributed by atoms with E-state index in [2.05, 4.69) is 5.32 Å². The van der Waals surface area contributed by atoms with Crippen molar-refractivity contribution in [3.63, 3.8) is 0 Å². The van der Waals surface area contributed by atoms with Crippen LogP contribution >= 0.6 is 0 Å². The molecule has 4 aliphatic carbocycles.